The minimum atomic E-state index is -2.23. The molecule has 1 atom stereocenters. The molecule has 0 aromatic heterocycles. The number of likely N-dealkylation sites (tertiary alicyclic amines) is 1. The second-order valence-corrected chi connectivity index (χ2v) is 3.99. The monoisotopic (exact) mass is 206 g/mol. The van der Waals surface area contributed by atoms with Crippen LogP contribution in [0.25, 0.3) is 0 Å². The Morgan fingerprint density at radius 2 is 1.79 bits per heavy atom. The van der Waals surface area contributed by atoms with Crippen molar-refractivity contribution in [1.29, 1.82) is 0 Å². The van der Waals surface area contributed by atoms with Crippen molar-refractivity contribution >= 4 is 0 Å². The molecule has 4 heteroatoms. The first-order chi connectivity index (χ1) is 6.70. The van der Waals surface area contributed by atoms with Crippen LogP contribution in [-0.4, -0.2) is 43.5 Å². The summed E-state index contributed by atoms with van der Waals surface area (Å²) in [7, 11) is 0. The average molecular weight is 206 g/mol. The summed E-state index contributed by atoms with van der Waals surface area (Å²) in [6, 6.07) is 0.383. The van der Waals surface area contributed by atoms with Gasteiger partial charge in [0.2, 0.25) is 0 Å². The van der Waals surface area contributed by atoms with Gasteiger partial charge in [-0.15, -0.1) is 0 Å². The zero-order valence-electron chi connectivity index (χ0n) is 8.81. The van der Waals surface area contributed by atoms with Gasteiger partial charge >= 0.3 is 0 Å². The second-order valence-electron chi connectivity index (χ2n) is 3.99. The number of halogens is 2. The Morgan fingerprint density at radius 3 is 2.36 bits per heavy atom. The number of hydrogen-bond donors (Lipinski definition) is 1. The zero-order valence-corrected chi connectivity index (χ0v) is 8.81. The Bertz CT molecular complexity index is 147. The van der Waals surface area contributed by atoms with E-state index in [1.54, 1.807) is 0 Å². The molecule has 84 valence electrons. The highest BCUT2D eigenvalue weighted by Gasteiger charge is 2.16. The highest BCUT2D eigenvalue weighted by atomic mass is 19.3. The van der Waals surface area contributed by atoms with E-state index in [2.05, 4.69) is 17.1 Å². The summed E-state index contributed by atoms with van der Waals surface area (Å²) in [5.74, 6) is 0. The third-order valence-electron chi connectivity index (χ3n) is 2.75. The smallest absolute Gasteiger partial charge is 0.250 e. The third-order valence-corrected chi connectivity index (χ3v) is 2.75. The molecule has 1 heterocycles. The van der Waals surface area contributed by atoms with Crippen LogP contribution in [0.2, 0.25) is 0 Å². The maximum atomic E-state index is 11.9. The summed E-state index contributed by atoms with van der Waals surface area (Å²) in [5, 5.41) is 2.79. The number of rotatable bonds is 5. The van der Waals surface area contributed by atoms with E-state index in [9.17, 15) is 8.78 Å². The first-order valence-electron chi connectivity index (χ1n) is 5.43. The van der Waals surface area contributed by atoms with Gasteiger partial charge in [-0.05, 0) is 32.9 Å². The van der Waals surface area contributed by atoms with Crippen LogP contribution in [0, 0.1) is 0 Å². The molecular formula is C10H20F2N2. The Labute approximate surface area is 84.7 Å². The second kappa shape index (κ2) is 6.30. The van der Waals surface area contributed by atoms with Crippen LogP contribution in [0.4, 0.5) is 8.78 Å². The summed E-state index contributed by atoms with van der Waals surface area (Å²) < 4.78 is 23.7. The normalized spacial score (nSPS) is 21.4. The van der Waals surface area contributed by atoms with E-state index in [1.165, 1.54) is 19.3 Å². The molecule has 0 aromatic rings. The van der Waals surface area contributed by atoms with E-state index < -0.39 is 6.43 Å². The Morgan fingerprint density at radius 1 is 1.14 bits per heavy atom. The summed E-state index contributed by atoms with van der Waals surface area (Å²) in [5.41, 5.74) is 0. The lowest BCUT2D eigenvalue weighted by atomic mass is 10.1. The molecular weight excluding hydrogens is 186 g/mol. The zero-order chi connectivity index (χ0) is 10.4. The van der Waals surface area contributed by atoms with Crippen molar-refractivity contribution in [3.05, 3.63) is 0 Å². The predicted molar refractivity (Wildman–Crippen MR) is 53.8 cm³/mol. The van der Waals surface area contributed by atoms with Gasteiger partial charge < -0.3 is 5.32 Å². The number of nitrogens with zero attached hydrogens (tertiary/aromatic N) is 1. The molecule has 1 aliphatic heterocycles. The molecule has 0 radical (unpaired) electrons. The maximum absolute atomic E-state index is 11.9. The van der Waals surface area contributed by atoms with Crippen molar-refractivity contribution < 1.29 is 8.78 Å². The molecule has 0 aliphatic carbocycles. The lowest BCUT2D eigenvalue weighted by Gasteiger charge is -2.32. The molecule has 1 unspecified atom stereocenters. The van der Waals surface area contributed by atoms with Crippen LogP contribution < -0.4 is 5.32 Å². The minimum Gasteiger partial charge on any atom is -0.310 e. The van der Waals surface area contributed by atoms with E-state index >= 15 is 0 Å². The van der Waals surface area contributed by atoms with Crippen molar-refractivity contribution in [1.82, 2.24) is 10.2 Å². The van der Waals surface area contributed by atoms with Gasteiger partial charge in [0.25, 0.3) is 6.43 Å². The van der Waals surface area contributed by atoms with Gasteiger partial charge in [-0.25, -0.2) is 8.78 Å². The summed E-state index contributed by atoms with van der Waals surface area (Å²) in [4.78, 5) is 2.38. The first-order valence-corrected chi connectivity index (χ1v) is 5.43. The van der Waals surface area contributed by atoms with E-state index in [0.29, 0.717) is 12.6 Å². The fourth-order valence-electron chi connectivity index (χ4n) is 1.89. The van der Waals surface area contributed by atoms with E-state index in [1.807, 2.05) is 0 Å². The van der Waals surface area contributed by atoms with Crippen molar-refractivity contribution in [2.45, 2.75) is 38.7 Å². The van der Waals surface area contributed by atoms with E-state index in [0.717, 1.165) is 13.1 Å². The largest absolute Gasteiger partial charge is 0.310 e. The van der Waals surface area contributed by atoms with E-state index in [-0.39, 0.29) is 6.54 Å². The highest BCUT2D eigenvalue weighted by molar-refractivity contribution is 4.73. The summed E-state index contributed by atoms with van der Waals surface area (Å²) in [6.07, 6.45) is 1.58. The van der Waals surface area contributed by atoms with Gasteiger partial charge in [0.1, 0.15) is 0 Å². The minimum absolute atomic E-state index is 0.182. The van der Waals surface area contributed by atoms with E-state index in [4.69, 9.17) is 0 Å². The predicted octanol–water partition coefficient (Wildman–Crippen LogP) is 1.72. The maximum Gasteiger partial charge on any atom is 0.250 e. The molecule has 0 bridgehead atoms. The Balaban J connectivity index is 2.10. The standard InChI is InChI=1S/C10H20F2N2/c1-9(7-13-8-10(11)12)14-5-3-2-4-6-14/h9-10,13H,2-8H2,1H3. The van der Waals surface area contributed by atoms with Gasteiger partial charge in [-0.2, -0.15) is 0 Å². The van der Waals surface area contributed by atoms with Crippen LogP contribution in [0.5, 0.6) is 0 Å². The highest BCUT2D eigenvalue weighted by Crippen LogP contribution is 2.11. The number of hydrogen-bond acceptors (Lipinski definition) is 2. The van der Waals surface area contributed by atoms with Crippen molar-refractivity contribution in [2.75, 3.05) is 26.2 Å². The van der Waals surface area contributed by atoms with Crippen LogP contribution >= 0.6 is 0 Å². The fraction of sp³-hybridized carbons (Fsp3) is 1.00. The van der Waals surface area contributed by atoms with Gasteiger partial charge in [0.15, 0.2) is 0 Å². The van der Waals surface area contributed by atoms with Crippen molar-refractivity contribution in [2.24, 2.45) is 0 Å². The van der Waals surface area contributed by atoms with Gasteiger partial charge in [-0.3, -0.25) is 4.90 Å². The Kier molecular flexibility index (Phi) is 5.33. The SMILES string of the molecule is CC(CNCC(F)F)N1CCCCC1. The lowest BCUT2D eigenvalue weighted by Crippen LogP contribution is -2.43. The van der Waals surface area contributed by atoms with Crippen LogP contribution in [-0.2, 0) is 0 Å². The van der Waals surface area contributed by atoms with Crippen LogP contribution in [0.15, 0.2) is 0 Å². The first kappa shape index (κ1) is 11.9. The molecule has 2 nitrogen and oxygen atoms in total. The molecule has 1 N–H and O–H groups in total. The molecule has 1 aliphatic rings. The van der Waals surface area contributed by atoms with Crippen LogP contribution in [0.1, 0.15) is 26.2 Å². The molecule has 0 aromatic carbocycles. The van der Waals surface area contributed by atoms with Crippen molar-refractivity contribution in [3.8, 4) is 0 Å². The summed E-state index contributed by atoms with van der Waals surface area (Å²) in [6.45, 7) is 4.83. The van der Waals surface area contributed by atoms with Gasteiger partial charge in [0.05, 0.1) is 6.54 Å². The topological polar surface area (TPSA) is 15.3 Å². The molecule has 1 saturated heterocycles. The average Bonchev–Trinajstić information content (AvgIpc) is 2.18. The third kappa shape index (κ3) is 4.33. The lowest BCUT2D eigenvalue weighted by molar-refractivity contribution is 0.133. The Hall–Kier alpha value is -0.220. The quantitative estimate of drug-likeness (QED) is 0.736. The molecule has 0 spiro atoms. The van der Waals surface area contributed by atoms with Crippen molar-refractivity contribution in [3.63, 3.8) is 0 Å². The number of alkyl halides is 2. The molecule has 14 heavy (non-hydrogen) atoms. The number of nitrogens with one attached hydrogen (secondary N) is 1. The molecule has 1 fully saturated rings. The van der Waals surface area contributed by atoms with Crippen LogP contribution in [0.3, 0.4) is 0 Å². The number of piperidine rings is 1. The summed E-state index contributed by atoms with van der Waals surface area (Å²) >= 11 is 0. The van der Waals surface area contributed by atoms with Gasteiger partial charge in [0, 0.05) is 12.6 Å². The fourth-order valence-corrected chi connectivity index (χ4v) is 1.89. The molecule has 0 saturated carbocycles. The molecule has 1 rings (SSSR count). The molecule has 0 amide bonds. The van der Waals surface area contributed by atoms with Gasteiger partial charge in [-0.1, -0.05) is 6.42 Å².